The van der Waals surface area contributed by atoms with Crippen molar-refractivity contribution in [3.05, 3.63) is 12.4 Å². The Bertz CT molecular complexity index is 356. The lowest BCUT2D eigenvalue weighted by Crippen LogP contribution is -2.28. The Labute approximate surface area is 116 Å². The van der Waals surface area contributed by atoms with Gasteiger partial charge in [-0.15, -0.1) is 0 Å². The lowest BCUT2D eigenvalue weighted by Gasteiger charge is -2.21. The van der Waals surface area contributed by atoms with Crippen molar-refractivity contribution in [2.24, 2.45) is 5.92 Å². The molecule has 1 aromatic heterocycles. The molecule has 0 spiro atoms. The van der Waals surface area contributed by atoms with Crippen LogP contribution in [-0.4, -0.2) is 29.5 Å². The average molecular weight is 265 g/mol. The van der Waals surface area contributed by atoms with Crippen LogP contribution in [0.25, 0.3) is 0 Å². The van der Waals surface area contributed by atoms with E-state index in [9.17, 15) is 0 Å². The Morgan fingerprint density at radius 1 is 1.37 bits per heavy atom. The third kappa shape index (κ3) is 4.86. The third-order valence-corrected chi connectivity index (χ3v) is 3.81. The molecule has 1 aliphatic rings. The number of nitrogens with one attached hydrogen (secondary N) is 1. The van der Waals surface area contributed by atoms with Crippen molar-refractivity contribution >= 4 is 0 Å². The number of rotatable bonds is 7. The molecule has 1 N–H and O–H groups in total. The molecule has 0 bridgehead atoms. The lowest BCUT2D eigenvalue weighted by molar-refractivity contribution is 0.294. The van der Waals surface area contributed by atoms with Gasteiger partial charge in [0, 0.05) is 12.6 Å². The molecule has 108 valence electrons. The molecule has 0 aliphatic heterocycles. The van der Waals surface area contributed by atoms with E-state index in [-0.39, 0.29) is 0 Å². The molecule has 1 heterocycles. The van der Waals surface area contributed by atoms with Gasteiger partial charge in [0.2, 0.25) is 0 Å². The van der Waals surface area contributed by atoms with Crippen LogP contribution in [0, 0.1) is 5.92 Å². The Balaban J connectivity index is 1.55. The predicted octanol–water partition coefficient (Wildman–Crippen LogP) is 3.01. The molecule has 0 amide bonds. The zero-order valence-corrected chi connectivity index (χ0v) is 12.3. The van der Waals surface area contributed by atoms with Crippen molar-refractivity contribution in [1.29, 1.82) is 0 Å². The maximum Gasteiger partial charge on any atom is 0.157 e. The molecule has 0 unspecified atom stereocenters. The van der Waals surface area contributed by atoms with E-state index in [1.54, 1.807) is 6.20 Å². The second-order valence-electron chi connectivity index (χ2n) is 5.81. The first-order valence-electron chi connectivity index (χ1n) is 7.63. The molecule has 4 heteroatoms. The quantitative estimate of drug-likeness (QED) is 0.770. The van der Waals surface area contributed by atoms with Crippen LogP contribution in [0.1, 0.15) is 52.0 Å². The number of ether oxygens (including phenoxy) is 1. The van der Waals surface area contributed by atoms with Gasteiger partial charge in [-0.3, -0.25) is 4.68 Å². The molecule has 0 saturated heterocycles. The van der Waals surface area contributed by atoms with Crippen LogP contribution >= 0.6 is 0 Å². The molecule has 4 nitrogen and oxygen atoms in total. The topological polar surface area (TPSA) is 39.1 Å². The molecule has 0 aromatic carbocycles. The predicted molar refractivity (Wildman–Crippen MR) is 77.6 cm³/mol. The summed E-state index contributed by atoms with van der Waals surface area (Å²) >= 11 is 0. The Morgan fingerprint density at radius 2 is 2.16 bits per heavy atom. The Morgan fingerprint density at radius 3 is 2.84 bits per heavy atom. The number of nitrogens with zero attached hydrogens (tertiary/aromatic N) is 2. The molecule has 2 rings (SSSR count). The normalized spacial score (nSPS) is 17.0. The van der Waals surface area contributed by atoms with Gasteiger partial charge in [0.05, 0.1) is 12.4 Å². The van der Waals surface area contributed by atoms with E-state index in [4.69, 9.17) is 4.74 Å². The fraction of sp³-hybridized carbons (Fsp3) is 0.800. The van der Waals surface area contributed by atoms with E-state index in [1.807, 2.05) is 10.9 Å². The third-order valence-electron chi connectivity index (χ3n) is 3.81. The van der Waals surface area contributed by atoms with E-state index < -0.39 is 0 Å². The van der Waals surface area contributed by atoms with Crippen molar-refractivity contribution < 1.29 is 4.74 Å². The van der Waals surface area contributed by atoms with Crippen molar-refractivity contribution in [2.45, 2.75) is 52.0 Å². The van der Waals surface area contributed by atoms with Gasteiger partial charge in [0.1, 0.15) is 6.61 Å². The second-order valence-corrected chi connectivity index (χ2v) is 5.81. The monoisotopic (exact) mass is 265 g/mol. The van der Waals surface area contributed by atoms with E-state index >= 15 is 0 Å². The summed E-state index contributed by atoms with van der Waals surface area (Å²) < 4.78 is 7.60. The van der Waals surface area contributed by atoms with E-state index in [0.29, 0.717) is 6.04 Å². The van der Waals surface area contributed by atoms with Crippen molar-refractivity contribution in [2.75, 3.05) is 19.7 Å². The van der Waals surface area contributed by atoms with Gasteiger partial charge in [-0.2, -0.15) is 5.10 Å². The highest BCUT2D eigenvalue weighted by molar-refractivity contribution is 5.11. The minimum atomic E-state index is 0.391. The van der Waals surface area contributed by atoms with E-state index in [0.717, 1.165) is 31.4 Å². The van der Waals surface area contributed by atoms with Crippen LogP contribution in [0.15, 0.2) is 12.4 Å². The van der Waals surface area contributed by atoms with Gasteiger partial charge in [-0.1, -0.05) is 19.3 Å². The van der Waals surface area contributed by atoms with Crippen molar-refractivity contribution in [3.63, 3.8) is 0 Å². The number of hydrogen-bond acceptors (Lipinski definition) is 3. The minimum absolute atomic E-state index is 0.391. The Kier molecular flexibility index (Phi) is 5.70. The highest BCUT2D eigenvalue weighted by Crippen LogP contribution is 2.22. The molecule has 1 saturated carbocycles. The zero-order valence-electron chi connectivity index (χ0n) is 12.3. The smallest absolute Gasteiger partial charge is 0.157 e. The molecule has 1 aliphatic carbocycles. The molecule has 0 radical (unpaired) electrons. The lowest BCUT2D eigenvalue weighted by atomic mass is 9.89. The summed E-state index contributed by atoms with van der Waals surface area (Å²) in [6, 6.07) is 0.391. The molecular weight excluding hydrogens is 238 g/mol. The standard InChI is InChI=1S/C15H27N3O/c1-13(2)18-12-15(11-17-18)19-9-8-16-10-14-6-4-3-5-7-14/h11-14,16H,3-10H2,1-2H3. The summed E-state index contributed by atoms with van der Waals surface area (Å²) in [6.07, 6.45) is 10.8. The minimum Gasteiger partial charge on any atom is -0.489 e. The van der Waals surface area contributed by atoms with Crippen molar-refractivity contribution in [1.82, 2.24) is 15.1 Å². The first-order chi connectivity index (χ1) is 9.25. The second kappa shape index (κ2) is 7.53. The number of hydrogen-bond donors (Lipinski definition) is 1. The van der Waals surface area contributed by atoms with Crippen LogP contribution in [0.5, 0.6) is 5.75 Å². The van der Waals surface area contributed by atoms with Crippen LogP contribution in [-0.2, 0) is 0 Å². The first-order valence-corrected chi connectivity index (χ1v) is 7.63. The fourth-order valence-electron chi connectivity index (χ4n) is 2.62. The van der Waals surface area contributed by atoms with Gasteiger partial charge < -0.3 is 10.1 Å². The van der Waals surface area contributed by atoms with Gasteiger partial charge in [0.25, 0.3) is 0 Å². The van der Waals surface area contributed by atoms with Gasteiger partial charge in [0.15, 0.2) is 5.75 Å². The summed E-state index contributed by atoms with van der Waals surface area (Å²) in [6.45, 7) is 7.01. The summed E-state index contributed by atoms with van der Waals surface area (Å²) in [5.41, 5.74) is 0. The highest BCUT2D eigenvalue weighted by Gasteiger charge is 2.12. The van der Waals surface area contributed by atoms with Crippen molar-refractivity contribution in [3.8, 4) is 5.75 Å². The largest absolute Gasteiger partial charge is 0.489 e. The molecule has 1 fully saturated rings. The maximum absolute atomic E-state index is 5.68. The molecule has 19 heavy (non-hydrogen) atoms. The van der Waals surface area contributed by atoms with Crippen LogP contribution < -0.4 is 10.1 Å². The van der Waals surface area contributed by atoms with Crippen LogP contribution in [0.4, 0.5) is 0 Å². The zero-order chi connectivity index (χ0) is 13.5. The molecular formula is C15H27N3O. The van der Waals surface area contributed by atoms with E-state index in [1.165, 1.54) is 32.1 Å². The summed E-state index contributed by atoms with van der Waals surface area (Å²) in [5.74, 6) is 1.76. The summed E-state index contributed by atoms with van der Waals surface area (Å²) in [7, 11) is 0. The summed E-state index contributed by atoms with van der Waals surface area (Å²) in [5, 5.41) is 7.76. The van der Waals surface area contributed by atoms with Crippen LogP contribution in [0.3, 0.4) is 0 Å². The fourth-order valence-corrected chi connectivity index (χ4v) is 2.62. The average Bonchev–Trinajstić information content (AvgIpc) is 2.89. The summed E-state index contributed by atoms with van der Waals surface area (Å²) in [4.78, 5) is 0. The molecule has 0 atom stereocenters. The van der Waals surface area contributed by atoms with Gasteiger partial charge in [-0.05, 0) is 39.2 Å². The van der Waals surface area contributed by atoms with E-state index in [2.05, 4.69) is 24.3 Å². The first kappa shape index (κ1) is 14.4. The Hall–Kier alpha value is -1.03. The highest BCUT2D eigenvalue weighted by atomic mass is 16.5. The van der Waals surface area contributed by atoms with Gasteiger partial charge >= 0.3 is 0 Å². The molecule has 1 aromatic rings. The number of aromatic nitrogens is 2. The maximum atomic E-state index is 5.68. The SMILES string of the molecule is CC(C)n1cc(OCCNCC2CCCCC2)cn1. The van der Waals surface area contributed by atoms with Crippen LogP contribution in [0.2, 0.25) is 0 Å². The van der Waals surface area contributed by atoms with Gasteiger partial charge in [-0.25, -0.2) is 0 Å².